The molecule has 4 aromatic rings. The molecule has 2 aromatic heterocycles. The molecule has 0 saturated carbocycles. The SMILES string of the molecule is C=CC(=O)N1CCC(Oc2cc3c(Nc4ccc(Oc5nc(C(=O)OCC)cs5)cc4F)ncnc3cc2OC)CC1. The number of hydrogen-bond acceptors (Lipinski definition) is 11. The zero-order valence-corrected chi connectivity index (χ0v) is 23.8. The van der Waals surface area contributed by atoms with Gasteiger partial charge < -0.3 is 29.2 Å². The molecule has 0 bridgehead atoms. The standard InChI is InChI=1S/C29H28FN5O6S/c1-4-26(36)35-10-8-17(9-11-35)40-25-13-19-22(14-24(25)38-3)31-16-32-27(19)33-21-7-6-18(12-20(21)30)41-29-34-23(15-42-29)28(37)39-5-2/h4,6-7,12-17H,1,5,8-11H2,2-3H3,(H,31,32,33). The summed E-state index contributed by atoms with van der Waals surface area (Å²) in [6.45, 7) is 6.61. The molecule has 0 unspecified atom stereocenters. The molecule has 13 heteroatoms. The van der Waals surface area contributed by atoms with Crippen molar-refractivity contribution >= 4 is 45.6 Å². The Morgan fingerprint density at radius 2 is 2.00 bits per heavy atom. The highest BCUT2D eigenvalue weighted by atomic mass is 32.1. The maximum Gasteiger partial charge on any atom is 0.357 e. The van der Waals surface area contributed by atoms with Crippen LogP contribution in [-0.2, 0) is 9.53 Å². The number of fused-ring (bicyclic) bond motifs is 1. The van der Waals surface area contributed by atoms with Gasteiger partial charge in [-0.05, 0) is 31.2 Å². The second kappa shape index (κ2) is 12.8. The van der Waals surface area contributed by atoms with Gasteiger partial charge in [-0.3, -0.25) is 4.79 Å². The van der Waals surface area contributed by atoms with Gasteiger partial charge >= 0.3 is 5.97 Å². The van der Waals surface area contributed by atoms with Crippen molar-refractivity contribution in [2.45, 2.75) is 25.9 Å². The first-order valence-electron chi connectivity index (χ1n) is 13.2. The van der Waals surface area contributed by atoms with Crippen LogP contribution in [0.15, 0.2) is 54.7 Å². The maximum absolute atomic E-state index is 15.1. The number of thiazole rings is 1. The summed E-state index contributed by atoms with van der Waals surface area (Å²) in [5.41, 5.74) is 0.857. The van der Waals surface area contributed by atoms with Gasteiger partial charge in [-0.2, -0.15) is 4.98 Å². The van der Waals surface area contributed by atoms with Crippen LogP contribution in [0.4, 0.5) is 15.9 Å². The van der Waals surface area contributed by atoms with Gasteiger partial charge in [0.05, 0.1) is 24.9 Å². The molecule has 218 valence electrons. The van der Waals surface area contributed by atoms with Crippen LogP contribution < -0.4 is 19.5 Å². The van der Waals surface area contributed by atoms with E-state index in [-0.39, 0.29) is 40.9 Å². The molecule has 1 N–H and O–H groups in total. The van der Waals surface area contributed by atoms with Crippen molar-refractivity contribution in [3.05, 3.63) is 66.2 Å². The number of carbonyl (C=O) groups is 2. The summed E-state index contributed by atoms with van der Waals surface area (Å²) in [5.74, 6) is 0.323. The number of nitrogens with zero attached hydrogens (tertiary/aromatic N) is 4. The van der Waals surface area contributed by atoms with Gasteiger partial charge in [0.2, 0.25) is 5.91 Å². The Hall–Kier alpha value is -4.78. The molecule has 42 heavy (non-hydrogen) atoms. The lowest BCUT2D eigenvalue weighted by Crippen LogP contribution is -2.41. The number of ether oxygens (including phenoxy) is 4. The molecule has 1 amide bonds. The van der Waals surface area contributed by atoms with Crippen LogP contribution in [-0.4, -0.2) is 64.6 Å². The van der Waals surface area contributed by atoms with E-state index in [1.54, 1.807) is 37.1 Å². The third-order valence-electron chi connectivity index (χ3n) is 6.51. The molecule has 1 saturated heterocycles. The lowest BCUT2D eigenvalue weighted by atomic mass is 10.1. The van der Waals surface area contributed by atoms with Crippen LogP contribution >= 0.6 is 11.3 Å². The summed E-state index contributed by atoms with van der Waals surface area (Å²) in [7, 11) is 1.54. The minimum Gasteiger partial charge on any atom is -0.493 e. The molecule has 2 aromatic carbocycles. The van der Waals surface area contributed by atoms with Crippen LogP contribution in [0.3, 0.4) is 0 Å². The van der Waals surface area contributed by atoms with E-state index < -0.39 is 11.8 Å². The van der Waals surface area contributed by atoms with Gasteiger partial charge in [-0.25, -0.2) is 19.2 Å². The number of carbonyl (C=O) groups excluding carboxylic acids is 2. The highest BCUT2D eigenvalue weighted by Gasteiger charge is 2.24. The van der Waals surface area contributed by atoms with Crippen molar-refractivity contribution in [2.75, 3.05) is 32.1 Å². The number of esters is 1. The molecule has 3 heterocycles. The minimum absolute atomic E-state index is 0.0947. The van der Waals surface area contributed by atoms with Gasteiger partial charge in [-0.15, -0.1) is 0 Å². The summed E-state index contributed by atoms with van der Waals surface area (Å²) < 4.78 is 37.5. The molecule has 1 aliphatic heterocycles. The zero-order valence-electron chi connectivity index (χ0n) is 23.0. The fraction of sp³-hybridized carbons (Fsp3) is 0.276. The molecule has 0 spiro atoms. The zero-order chi connectivity index (χ0) is 29.6. The average molecular weight is 594 g/mol. The monoisotopic (exact) mass is 593 g/mol. The number of hydrogen-bond donors (Lipinski definition) is 1. The number of rotatable bonds is 10. The molecule has 0 atom stereocenters. The van der Waals surface area contributed by atoms with Crippen molar-refractivity contribution in [1.29, 1.82) is 0 Å². The summed E-state index contributed by atoms with van der Waals surface area (Å²) in [6, 6.07) is 7.79. The number of anilines is 2. The quantitative estimate of drug-likeness (QED) is 0.186. The average Bonchev–Trinajstić information content (AvgIpc) is 3.47. The summed E-state index contributed by atoms with van der Waals surface area (Å²) in [5, 5.41) is 5.32. The predicted octanol–water partition coefficient (Wildman–Crippen LogP) is 5.50. The first-order chi connectivity index (χ1) is 20.4. The van der Waals surface area contributed by atoms with E-state index in [1.165, 1.54) is 29.9 Å². The van der Waals surface area contributed by atoms with Crippen LogP contribution in [0.2, 0.25) is 0 Å². The predicted molar refractivity (Wildman–Crippen MR) is 154 cm³/mol. The highest BCUT2D eigenvalue weighted by Crippen LogP contribution is 2.37. The lowest BCUT2D eigenvalue weighted by Gasteiger charge is -2.31. The summed E-state index contributed by atoms with van der Waals surface area (Å²) in [6.07, 6.45) is 3.87. The number of halogens is 1. The fourth-order valence-electron chi connectivity index (χ4n) is 4.41. The Balaban J connectivity index is 1.33. The van der Waals surface area contributed by atoms with Crippen LogP contribution in [0.5, 0.6) is 22.4 Å². The van der Waals surface area contributed by atoms with E-state index in [0.717, 1.165) is 11.3 Å². The normalized spacial score (nSPS) is 13.5. The molecule has 0 radical (unpaired) electrons. The number of benzene rings is 2. The van der Waals surface area contributed by atoms with Gasteiger partial charge in [-0.1, -0.05) is 17.9 Å². The Labute approximate surface area is 244 Å². The molecule has 5 rings (SSSR count). The molecular formula is C29H28FN5O6S. The third kappa shape index (κ3) is 6.41. The molecule has 1 aliphatic rings. The number of likely N-dealkylation sites (tertiary alicyclic amines) is 1. The maximum atomic E-state index is 15.1. The van der Waals surface area contributed by atoms with E-state index in [4.69, 9.17) is 18.9 Å². The topological polar surface area (TPSA) is 125 Å². The number of methoxy groups -OCH3 is 1. The molecular weight excluding hydrogens is 565 g/mol. The van der Waals surface area contributed by atoms with E-state index in [1.807, 2.05) is 0 Å². The summed E-state index contributed by atoms with van der Waals surface area (Å²) >= 11 is 1.10. The van der Waals surface area contributed by atoms with Crippen molar-refractivity contribution < 1.29 is 32.9 Å². The van der Waals surface area contributed by atoms with E-state index >= 15 is 4.39 Å². The van der Waals surface area contributed by atoms with Crippen LogP contribution in [0.1, 0.15) is 30.3 Å². The van der Waals surface area contributed by atoms with Crippen molar-refractivity contribution in [2.24, 2.45) is 0 Å². The second-order valence-electron chi connectivity index (χ2n) is 9.18. The number of nitrogens with one attached hydrogen (secondary N) is 1. The van der Waals surface area contributed by atoms with Crippen molar-refractivity contribution in [1.82, 2.24) is 19.9 Å². The van der Waals surface area contributed by atoms with Gasteiger partial charge in [0.25, 0.3) is 5.19 Å². The first-order valence-corrected chi connectivity index (χ1v) is 14.0. The fourth-order valence-corrected chi connectivity index (χ4v) is 5.07. The van der Waals surface area contributed by atoms with Crippen LogP contribution in [0, 0.1) is 5.82 Å². The molecule has 0 aliphatic carbocycles. The van der Waals surface area contributed by atoms with Gasteiger partial charge in [0.15, 0.2) is 17.2 Å². The largest absolute Gasteiger partial charge is 0.493 e. The van der Waals surface area contributed by atoms with Gasteiger partial charge in [0, 0.05) is 48.8 Å². The Kier molecular flexibility index (Phi) is 8.77. The Morgan fingerprint density at radius 3 is 2.71 bits per heavy atom. The Bertz CT molecular complexity index is 1620. The third-order valence-corrected chi connectivity index (χ3v) is 7.23. The lowest BCUT2D eigenvalue weighted by molar-refractivity contribution is -0.127. The smallest absolute Gasteiger partial charge is 0.357 e. The molecule has 1 fully saturated rings. The van der Waals surface area contributed by atoms with E-state index in [0.29, 0.717) is 54.2 Å². The van der Waals surface area contributed by atoms with Gasteiger partial charge in [0.1, 0.15) is 29.8 Å². The summed E-state index contributed by atoms with van der Waals surface area (Å²) in [4.78, 5) is 38.2. The number of piperidine rings is 1. The highest BCUT2D eigenvalue weighted by molar-refractivity contribution is 7.11. The Morgan fingerprint density at radius 1 is 1.19 bits per heavy atom. The van der Waals surface area contributed by atoms with E-state index in [2.05, 4.69) is 26.8 Å². The second-order valence-corrected chi connectivity index (χ2v) is 10.00. The number of amides is 1. The van der Waals surface area contributed by atoms with E-state index in [9.17, 15) is 9.59 Å². The number of aromatic nitrogens is 3. The van der Waals surface area contributed by atoms with Crippen molar-refractivity contribution in [3.63, 3.8) is 0 Å². The molecule has 11 nitrogen and oxygen atoms in total. The first kappa shape index (κ1) is 28.7. The minimum atomic E-state index is -0.591. The van der Waals surface area contributed by atoms with Crippen LogP contribution in [0.25, 0.3) is 10.9 Å². The van der Waals surface area contributed by atoms with Crippen molar-refractivity contribution in [3.8, 4) is 22.4 Å².